The van der Waals surface area contributed by atoms with Crippen LogP contribution in [0.1, 0.15) is 18.9 Å². The summed E-state index contributed by atoms with van der Waals surface area (Å²) in [5.74, 6) is -0.125. The van der Waals surface area contributed by atoms with Crippen LogP contribution >= 0.6 is 11.8 Å². The number of carboxylic acid groups (broad SMARTS) is 1. The van der Waals surface area contributed by atoms with Gasteiger partial charge in [-0.15, -0.1) is 11.8 Å². The van der Waals surface area contributed by atoms with Crippen LogP contribution in [-0.4, -0.2) is 39.6 Å². The first-order valence-corrected chi connectivity index (χ1v) is 7.00. The number of hydrogen-bond acceptors (Lipinski definition) is 5. The first-order chi connectivity index (χ1) is 9.13. The first kappa shape index (κ1) is 13.7. The van der Waals surface area contributed by atoms with E-state index in [-0.39, 0.29) is 5.75 Å². The molecule has 0 saturated heterocycles. The van der Waals surface area contributed by atoms with Crippen molar-refractivity contribution in [3.05, 3.63) is 23.8 Å². The molecule has 0 aliphatic carbocycles. The smallest absolute Gasteiger partial charge is 0.329 e. The highest BCUT2D eigenvalue weighted by atomic mass is 32.2. The summed E-state index contributed by atoms with van der Waals surface area (Å²) in [4.78, 5) is 15.0. The van der Waals surface area contributed by atoms with Crippen LogP contribution in [0.25, 0.3) is 0 Å². The fraction of sp³-hybridized carbons (Fsp3) is 0.385. The first-order valence-electron chi connectivity index (χ1n) is 6.02. The maximum Gasteiger partial charge on any atom is 0.329 e. The Morgan fingerprint density at radius 2 is 2.37 bits per heavy atom. The molecule has 6 heteroatoms. The van der Waals surface area contributed by atoms with E-state index in [0.29, 0.717) is 28.7 Å². The van der Waals surface area contributed by atoms with Crippen LogP contribution in [0.15, 0.2) is 23.2 Å². The molecule has 19 heavy (non-hydrogen) atoms. The number of para-hydroxylation sites is 1. The number of ether oxygens (including phenoxy) is 1. The molecule has 0 amide bonds. The molecule has 2 N–H and O–H groups in total. The van der Waals surface area contributed by atoms with Gasteiger partial charge in [-0.2, -0.15) is 0 Å². The third kappa shape index (κ3) is 3.01. The minimum atomic E-state index is -0.944. The van der Waals surface area contributed by atoms with Gasteiger partial charge in [-0.05, 0) is 18.6 Å². The largest absolute Gasteiger partial charge is 0.504 e. The van der Waals surface area contributed by atoms with Crippen LogP contribution in [0.2, 0.25) is 0 Å². The Labute approximate surface area is 115 Å². The zero-order valence-corrected chi connectivity index (χ0v) is 11.3. The molecule has 1 aromatic carbocycles. The SMILES string of the molecule is CCCOc1cccc(C2=NC(C(=O)O)CS2)c1O. The fourth-order valence-electron chi connectivity index (χ4n) is 1.67. The van der Waals surface area contributed by atoms with Crippen LogP contribution in [0, 0.1) is 0 Å². The summed E-state index contributed by atoms with van der Waals surface area (Å²) in [6, 6.07) is 4.42. The van der Waals surface area contributed by atoms with E-state index in [0.717, 1.165) is 6.42 Å². The average molecular weight is 281 g/mol. The summed E-state index contributed by atoms with van der Waals surface area (Å²) in [5, 5.41) is 19.6. The normalized spacial score (nSPS) is 18.2. The van der Waals surface area contributed by atoms with Crippen molar-refractivity contribution in [3.63, 3.8) is 0 Å². The van der Waals surface area contributed by atoms with E-state index in [1.54, 1.807) is 18.2 Å². The van der Waals surface area contributed by atoms with E-state index in [1.807, 2.05) is 6.92 Å². The van der Waals surface area contributed by atoms with Gasteiger partial charge < -0.3 is 14.9 Å². The highest BCUT2D eigenvalue weighted by molar-refractivity contribution is 8.14. The molecular formula is C13H15NO4S. The van der Waals surface area contributed by atoms with E-state index >= 15 is 0 Å². The maximum absolute atomic E-state index is 10.9. The van der Waals surface area contributed by atoms with Gasteiger partial charge in [-0.3, -0.25) is 4.99 Å². The molecule has 0 aromatic heterocycles. The number of thioether (sulfide) groups is 1. The summed E-state index contributed by atoms with van der Waals surface area (Å²) < 4.78 is 5.43. The van der Waals surface area contributed by atoms with Crippen molar-refractivity contribution in [3.8, 4) is 11.5 Å². The van der Waals surface area contributed by atoms with Gasteiger partial charge in [0.2, 0.25) is 0 Å². The van der Waals surface area contributed by atoms with Crippen molar-refractivity contribution < 1.29 is 19.7 Å². The van der Waals surface area contributed by atoms with Crippen LogP contribution in [0.5, 0.6) is 11.5 Å². The van der Waals surface area contributed by atoms with Gasteiger partial charge in [0.15, 0.2) is 17.5 Å². The van der Waals surface area contributed by atoms with E-state index < -0.39 is 12.0 Å². The van der Waals surface area contributed by atoms with E-state index in [2.05, 4.69) is 4.99 Å². The zero-order valence-electron chi connectivity index (χ0n) is 10.5. The van der Waals surface area contributed by atoms with Crippen LogP contribution in [0.4, 0.5) is 0 Å². The zero-order chi connectivity index (χ0) is 13.8. The van der Waals surface area contributed by atoms with Crippen LogP contribution < -0.4 is 4.74 Å². The molecule has 1 atom stereocenters. The highest BCUT2D eigenvalue weighted by Gasteiger charge is 2.27. The molecule has 0 radical (unpaired) electrons. The number of aliphatic imine (C=N–C) groups is 1. The summed E-state index contributed by atoms with van der Waals surface area (Å²) in [7, 11) is 0. The summed E-state index contributed by atoms with van der Waals surface area (Å²) in [5.41, 5.74) is 0.530. The molecule has 2 rings (SSSR count). The topological polar surface area (TPSA) is 79.1 Å². The summed E-state index contributed by atoms with van der Waals surface area (Å²) in [6.45, 7) is 2.50. The van der Waals surface area contributed by atoms with E-state index in [4.69, 9.17) is 9.84 Å². The Kier molecular flexibility index (Phi) is 4.31. The van der Waals surface area contributed by atoms with Gasteiger partial charge in [0, 0.05) is 5.75 Å². The van der Waals surface area contributed by atoms with E-state index in [1.165, 1.54) is 11.8 Å². The quantitative estimate of drug-likeness (QED) is 0.864. The number of carboxylic acids is 1. The van der Waals surface area contributed by atoms with Crippen molar-refractivity contribution >= 4 is 22.8 Å². The monoisotopic (exact) mass is 281 g/mol. The molecule has 1 aliphatic heterocycles. The molecule has 1 heterocycles. The molecule has 0 fully saturated rings. The minimum Gasteiger partial charge on any atom is -0.504 e. The van der Waals surface area contributed by atoms with Gasteiger partial charge in [-0.25, -0.2) is 4.79 Å². The van der Waals surface area contributed by atoms with Crippen molar-refractivity contribution in [1.29, 1.82) is 0 Å². The number of carbonyl (C=O) groups is 1. The summed E-state index contributed by atoms with van der Waals surface area (Å²) in [6.07, 6.45) is 0.848. The van der Waals surface area contributed by atoms with Gasteiger partial charge in [0.05, 0.1) is 12.2 Å². The molecule has 0 bridgehead atoms. The van der Waals surface area contributed by atoms with Crippen molar-refractivity contribution in [2.24, 2.45) is 4.99 Å². The van der Waals surface area contributed by atoms with Gasteiger partial charge in [0.25, 0.3) is 0 Å². The number of nitrogens with zero attached hydrogens (tertiary/aromatic N) is 1. The molecule has 0 saturated carbocycles. The van der Waals surface area contributed by atoms with Crippen molar-refractivity contribution in [2.45, 2.75) is 19.4 Å². The maximum atomic E-state index is 10.9. The predicted molar refractivity (Wildman–Crippen MR) is 74.3 cm³/mol. The average Bonchev–Trinajstić information content (AvgIpc) is 2.87. The lowest BCUT2D eigenvalue weighted by atomic mass is 10.2. The summed E-state index contributed by atoms with van der Waals surface area (Å²) >= 11 is 1.33. The minimum absolute atomic E-state index is 0.0215. The van der Waals surface area contributed by atoms with Gasteiger partial charge in [-0.1, -0.05) is 13.0 Å². The fourth-order valence-corrected chi connectivity index (χ4v) is 2.73. The predicted octanol–water partition coefficient (Wildman–Crippen LogP) is 2.13. The Morgan fingerprint density at radius 1 is 1.58 bits per heavy atom. The van der Waals surface area contributed by atoms with Gasteiger partial charge >= 0.3 is 5.97 Å². The number of aliphatic carboxylic acids is 1. The third-order valence-corrected chi connectivity index (χ3v) is 3.71. The number of aromatic hydroxyl groups is 1. The lowest BCUT2D eigenvalue weighted by molar-refractivity contribution is -0.137. The van der Waals surface area contributed by atoms with E-state index in [9.17, 15) is 9.90 Å². The molecule has 1 unspecified atom stereocenters. The second kappa shape index (κ2) is 5.97. The second-order valence-corrected chi connectivity index (χ2v) is 5.11. The third-order valence-electron chi connectivity index (χ3n) is 2.63. The molecule has 102 valence electrons. The lowest BCUT2D eigenvalue weighted by Gasteiger charge is -2.10. The lowest BCUT2D eigenvalue weighted by Crippen LogP contribution is -2.17. The Hall–Kier alpha value is -1.69. The van der Waals surface area contributed by atoms with Crippen molar-refractivity contribution in [1.82, 2.24) is 0 Å². The number of hydrogen-bond donors (Lipinski definition) is 2. The number of phenolic OH excluding ortho intramolecular Hbond substituents is 1. The number of benzene rings is 1. The van der Waals surface area contributed by atoms with Crippen LogP contribution in [-0.2, 0) is 4.79 Å². The standard InChI is InChI=1S/C13H15NO4S/c1-2-6-18-10-5-3-4-8(11(10)15)12-14-9(7-19-12)13(16)17/h3-5,9,15H,2,6-7H2,1H3,(H,16,17). The Balaban J connectivity index is 2.26. The molecule has 0 spiro atoms. The molecule has 1 aliphatic rings. The second-order valence-electron chi connectivity index (χ2n) is 4.10. The van der Waals surface area contributed by atoms with Crippen LogP contribution in [0.3, 0.4) is 0 Å². The number of phenols is 1. The molecule has 1 aromatic rings. The molecule has 5 nitrogen and oxygen atoms in total. The Morgan fingerprint density at radius 3 is 3.00 bits per heavy atom. The molecular weight excluding hydrogens is 266 g/mol. The Bertz CT molecular complexity index is 515. The highest BCUT2D eigenvalue weighted by Crippen LogP contribution is 2.35. The van der Waals surface area contributed by atoms with Crippen molar-refractivity contribution in [2.75, 3.05) is 12.4 Å². The number of rotatable bonds is 5. The van der Waals surface area contributed by atoms with Gasteiger partial charge in [0.1, 0.15) is 5.04 Å².